The van der Waals surface area contributed by atoms with Crippen LogP contribution in [-0.2, 0) is 6.54 Å². The van der Waals surface area contributed by atoms with Crippen LogP contribution in [0, 0.1) is 0 Å². The van der Waals surface area contributed by atoms with Crippen LogP contribution in [0.5, 0.6) is 11.5 Å². The van der Waals surface area contributed by atoms with Crippen LogP contribution in [0.2, 0.25) is 0 Å². The van der Waals surface area contributed by atoms with E-state index in [1.807, 2.05) is 35.0 Å². The molecule has 0 unspecified atom stereocenters. The van der Waals surface area contributed by atoms with Gasteiger partial charge in [0.2, 0.25) is 0 Å². The second kappa shape index (κ2) is 6.76. The van der Waals surface area contributed by atoms with Crippen LogP contribution in [0.25, 0.3) is 5.69 Å². The fourth-order valence-electron chi connectivity index (χ4n) is 2.74. The van der Waals surface area contributed by atoms with Gasteiger partial charge in [-0.25, -0.2) is 4.98 Å². The van der Waals surface area contributed by atoms with Crippen LogP contribution in [0.4, 0.5) is 0 Å². The van der Waals surface area contributed by atoms with E-state index in [2.05, 4.69) is 34.6 Å². The maximum atomic E-state index is 5.94. The largest absolute Gasteiger partial charge is 0.486 e. The minimum atomic E-state index is 0.0325. The first-order chi connectivity index (χ1) is 11.9. The number of para-hydroxylation sites is 2. The molecule has 0 bridgehead atoms. The van der Waals surface area contributed by atoms with E-state index in [0.29, 0.717) is 6.61 Å². The third-order valence-electron chi connectivity index (χ3n) is 4.01. The Morgan fingerprint density at radius 1 is 1.08 bits per heavy atom. The third-order valence-corrected chi connectivity index (χ3v) is 4.01. The van der Waals surface area contributed by atoms with E-state index in [1.54, 1.807) is 12.5 Å². The first-order valence-corrected chi connectivity index (χ1v) is 8.05. The highest BCUT2D eigenvalue weighted by atomic mass is 16.6. The highest BCUT2D eigenvalue weighted by molar-refractivity contribution is 5.40. The molecule has 2 heterocycles. The number of nitrogens with one attached hydrogen (secondary N) is 1. The zero-order valence-electron chi connectivity index (χ0n) is 13.3. The molecule has 1 aliphatic heterocycles. The van der Waals surface area contributed by atoms with E-state index < -0.39 is 0 Å². The Morgan fingerprint density at radius 3 is 2.71 bits per heavy atom. The normalized spacial score (nSPS) is 16.1. The monoisotopic (exact) mass is 321 g/mol. The summed E-state index contributed by atoms with van der Waals surface area (Å²) in [4.78, 5) is 4.06. The number of hydrogen-bond donors (Lipinski definition) is 1. The van der Waals surface area contributed by atoms with Gasteiger partial charge in [0, 0.05) is 31.2 Å². The van der Waals surface area contributed by atoms with Crippen molar-refractivity contribution in [3.8, 4) is 17.2 Å². The van der Waals surface area contributed by atoms with Crippen LogP contribution in [-0.4, -0.2) is 28.8 Å². The summed E-state index contributed by atoms with van der Waals surface area (Å²) in [5.74, 6) is 1.64. The second-order valence-electron chi connectivity index (χ2n) is 5.76. The first-order valence-electron chi connectivity index (χ1n) is 8.05. The highest BCUT2D eigenvalue weighted by Crippen LogP contribution is 2.30. The first kappa shape index (κ1) is 14.8. The number of fused-ring (bicyclic) bond motifs is 1. The van der Waals surface area contributed by atoms with Gasteiger partial charge >= 0.3 is 0 Å². The summed E-state index contributed by atoms with van der Waals surface area (Å²) in [6, 6.07) is 16.2. The molecule has 1 atom stereocenters. The third kappa shape index (κ3) is 3.26. The van der Waals surface area contributed by atoms with E-state index >= 15 is 0 Å². The van der Waals surface area contributed by atoms with Crippen LogP contribution >= 0.6 is 0 Å². The Morgan fingerprint density at radius 2 is 1.92 bits per heavy atom. The van der Waals surface area contributed by atoms with E-state index in [9.17, 15) is 0 Å². The van der Waals surface area contributed by atoms with Crippen molar-refractivity contribution in [1.29, 1.82) is 0 Å². The Bertz CT molecular complexity index is 785. The lowest BCUT2D eigenvalue weighted by atomic mass is 10.2. The molecule has 3 aromatic rings. The molecule has 0 fully saturated rings. The molecule has 2 aromatic carbocycles. The number of benzene rings is 2. The summed E-state index contributed by atoms with van der Waals surface area (Å²) in [7, 11) is 0. The molecule has 1 N–H and O–H groups in total. The molecular formula is C19H19N3O2. The zero-order valence-corrected chi connectivity index (χ0v) is 13.3. The van der Waals surface area contributed by atoms with E-state index in [0.717, 1.165) is 30.3 Å². The van der Waals surface area contributed by atoms with E-state index in [4.69, 9.17) is 9.47 Å². The minimum Gasteiger partial charge on any atom is -0.486 e. The summed E-state index contributed by atoms with van der Waals surface area (Å²) in [6.45, 7) is 2.12. The molecule has 24 heavy (non-hydrogen) atoms. The zero-order chi connectivity index (χ0) is 16.2. The highest BCUT2D eigenvalue weighted by Gasteiger charge is 2.19. The number of aromatic nitrogens is 2. The van der Waals surface area contributed by atoms with Crippen LogP contribution in [0.1, 0.15) is 5.56 Å². The van der Waals surface area contributed by atoms with Gasteiger partial charge in [-0.2, -0.15) is 0 Å². The molecular weight excluding hydrogens is 302 g/mol. The molecule has 0 radical (unpaired) electrons. The Kier molecular flexibility index (Phi) is 4.16. The van der Waals surface area contributed by atoms with Crippen molar-refractivity contribution in [3.05, 3.63) is 72.8 Å². The summed E-state index contributed by atoms with van der Waals surface area (Å²) in [6.07, 6.45) is 5.54. The Balaban J connectivity index is 1.29. The molecule has 1 aromatic heterocycles. The standard InChI is InChI=1S/C19H19N3O2/c1-2-4-19-18(3-1)23-13-17(24-19)12-21-11-15-5-7-16(8-6-15)22-10-9-20-14-22/h1-10,14,17,21H,11-13H2/t17-/m0/s1. The van der Waals surface area contributed by atoms with Crippen molar-refractivity contribution >= 4 is 0 Å². The summed E-state index contributed by atoms with van der Waals surface area (Å²) >= 11 is 0. The van der Waals surface area contributed by atoms with Crippen LogP contribution in [0.15, 0.2) is 67.3 Å². The van der Waals surface area contributed by atoms with Gasteiger partial charge < -0.3 is 19.4 Å². The summed E-state index contributed by atoms with van der Waals surface area (Å²) in [5.41, 5.74) is 2.34. The summed E-state index contributed by atoms with van der Waals surface area (Å²) < 4.78 is 13.7. The van der Waals surface area contributed by atoms with Crippen molar-refractivity contribution in [2.24, 2.45) is 0 Å². The summed E-state index contributed by atoms with van der Waals surface area (Å²) in [5, 5.41) is 3.43. The fourth-order valence-corrected chi connectivity index (χ4v) is 2.74. The van der Waals surface area contributed by atoms with Gasteiger partial charge in [-0.1, -0.05) is 24.3 Å². The molecule has 5 nitrogen and oxygen atoms in total. The quantitative estimate of drug-likeness (QED) is 0.785. The van der Waals surface area contributed by atoms with Crippen molar-refractivity contribution in [2.75, 3.05) is 13.2 Å². The smallest absolute Gasteiger partial charge is 0.161 e. The van der Waals surface area contributed by atoms with Gasteiger partial charge in [-0.05, 0) is 29.8 Å². The average Bonchev–Trinajstić information content (AvgIpc) is 3.17. The van der Waals surface area contributed by atoms with Gasteiger partial charge in [0.25, 0.3) is 0 Å². The molecule has 0 saturated carbocycles. The molecule has 0 amide bonds. The Labute approximate surface area is 140 Å². The average molecular weight is 321 g/mol. The lowest BCUT2D eigenvalue weighted by molar-refractivity contribution is 0.0902. The molecule has 0 aliphatic carbocycles. The molecule has 4 rings (SSSR count). The van der Waals surface area contributed by atoms with E-state index in [1.165, 1.54) is 5.56 Å². The lowest BCUT2D eigenvalue weighted by Crippen LogP contribution is -2.38. The lowest BCUT2D eigenvalue weighted by Gasteiger charge is -2.26. The van der Waals surface area contributed by atoms with E-state index in [-0.39, 0.29) is 6.10 Å². The number of rotatable bonds is 5. The van der Waals surface area contributed by atoms with Crippen molar-refractivity contribution < 1.29 is 9.47 Å². The fraction of sp³-hybridized carbons (Fsp3) is 0.211. The topological polar surface area (TPSA) is 48.3 Å². The molecule has 122 valence electrons. The number of hydrogen-bond acceptors (Lipinski definition) is 4. The Hall–Kier alpha value is -2.79. The van der Waals surface area contributed by atoms with Crippen molar-refractivity contribution in [1.82, 2.24) is 14.9 Å². The van der Waals surface area contributed by atoms with Gasteiger partial charge in [-0.3, -0.25) is 0 Å². The predicted molar refractivity (Wildman–Crippen MR) is 91.6 cm³/mol. The van der Waals surface area contributed by atoms with Gasteiger partial charge in [0.05, 0.1) is 6.33 Å². The van der Waals surface area contributed by atoms with Crippen molar-refractivity contribution in [2.45, 2.75) is 12.6 Å². The molecule has 5 heteroatoms. The maximum Gasteiger partial charge on any atom is 0.161 e. The molecule has 0 spiro atoms. The number of ether oxygens (including phenoxy) is 2. The number of nitrogens with zero attached hydrogens (tertiary/aromatic N) is 2. The van der Waals surface area contributed by atoms with Gasteiger partial charge in [0.15, 0.2) is 11.5 Å². The second-order valence-corrected chi connectivity index (χ2v) is 5.76. The minimum absolute atomic E-state index is 0.0325. The SMILES string of the molecule is c1ccc2c(c1)OC[C@H](CNCc1ccc(-n3ccnc3)cc1)O2. The molecule has 1 aliphatic rings. The van der Waals surface area contributed by atoms with Crippen LogP contribution in [0.3, 0.4) is 0 Å². The van der Waals surface area contributed by atoms with Crippen LogP contribution < -0.4 is 14.8 Å². The number of imidazole rings is 1. The van der Waals surface area contributed by atoms with Crippen molar-refractivity contribution in [3.63, 3.8) is 0 Å². The maximum absolute atomic E-state index is 5.94. The van der Waals surface area contributed by atoms with Gasteiger partial charge in [-0.15, -0.1) is 0 Å². The predicted octanol–water partition coefficient (Wildman–Crippen LogP) is 2.80. The molecule has 0 saturated heterocycles. The van der Waals surface area contributed by atoms with Gasteiger partial charge in [0.1, 0.15) is 12.7 Å².